The molecule has 0 radical (unpaired) electrons. The van der Waals surface area contributed by atoms with Gasteiger partial charge in [-0.15, -0.1) is 10.2 Å². The highest BCUT2D eigenvalue weighted by Crippen LogP contribution is 2.41. The summed E-state index contributed by atoms with van der Waals surface area (Å²) in [5.41, 5.74) is -2.37. The Morgan fingerprint density at radius 1 is 0.884 bits per heavy atom. The third-order valence-electron chi connectivity index (χ3n) is 7.96. The minimum atomic E-state index is -4.98. The second-order valence-electron chi connectivity index (χ2n) is 10.8. The van der Waals surface area contributed by atoms with E-state index in [1.807, 2.05) is 10.6 Å². The first-order valence-electron chi connectivity index (χ1n) is 13.5. The van der Waals surface area contributed by atoms with Gasteiger partial charge in [-0.1, -0.05) is 12.1 Å². The van der Waals surface area contributed by atoms with Gasteiger partial charge in [0.25, 0.3) is 0 Å². The fourth-order valence-corrected chi connectivity index (χ4v) is 5.66. The lowest BCUT2D eigenvalue weighted by atomic mass is 9.87. The first-order chi connectivity index (χ1) is 20.4. The van der Waals surface area contributed by atoms with E-state index in [9.17, 15) is 30.7 Å². The lowest BCUT2D eigenvalue weighted by molar-refractivity contribution is -0.143. The zero-order chi connectivity index (χ0) is 30.5. The maximum atomic E-state index is 13.8. The van der Waals surface area contributed by atoms with E-state index >= 15 is 0 Å². The SMILES string of the molecule is C[C@@H](O[C@H]1Cc2nnc(C3CN(c4ccncn4)C3)n2C[C@@H]1c1ccc(F)cc1)c1cc(C(F)(F)F)cc(C(F)(F)F)c1. The average Bonchev–Trinajstić information content (AvgIpc) is 3.34. The zero-order valence-corrected chi connectivity index (χ0v) is 22.6. The van der Waals surface area contributed by atoms with Gasteiger partial charge in [0.1, 0.15) is 29.6 Å². The van der Waals surface area contributed by atoms with E-state index in [4.69, 9.17) is 4.74 Å². The molecule has 2 aliphatic heterocycles. The normalized spacial score (nSPS) is 20.0. The molecule has 4 heterocycles. The van der Waals surface area contributed by atoms with Crippen LogP contribution in [0.1, 0.15) is 58.8 Å². The van der Waals surface area contributed by atoms with E-state index in [0.29, 0.717) is 43.2 Å². The smallest absolute Gasteiger partial charge is 0.369 e. The van der Waals surface area contributed by atoms with Gasteiger partial charge in [0.05, 0.1) is 29.3 Å². The maximum absolute atomic E-state index is 13.8. The zero-order valence-electron chi connectivity index (χ0n) is 22.6. The van der Waals surface area contributed by atoms with E-state index < -0.39 is 47.4 Å². The molecule has 0 unspecified atom stereocenters. The van der Waals surface area contributed by atoms with Gasteiger partial charge in [0, 0.05) is 38.2 Å². The fourth-order valence-electron chi connectivity index (χ4n) is 5.66. The van der Waals surface area contributed by atoms with Crippen molar-refractivity contribution in [3.63, 3.8) is 0 Å². The van der Waals surface area contributed by atoms with Crippen LogP contribution in [0.5, 0.6) is 0 Å². The molecule has 4 aromatic rings. The number of halogens is 7. The molecule has 14 heteroatoms. The summed E-state index contributed by atoms with van der Waals surface area (Å²) in [4.78, 5) is 10.3. The van der Waals surface area contributed by atoms with Gasteiger partial charge >= 0.3 is 12.4 Å². The fraction of sp³-hybridized carbons (Fsp3) is 0.379. The second kappa shape index (κ2) is 10.9. The van der Waals surface area contributed by atoms with Crippen molar-refractivity contribution in [2.45, 2.75) is 56.3 Å². The molecule has 0 N–H and O–H groups in total. The van der Waals surface area contributed by atoms with Crippen molar-refractivity contribution >= 4 is 5.82 Å². The molecule has 1 fully saturated rings. The number of anilines is 1. The van der Waals surface area contributed by atoms with Crippen LogP contribution in [0.2, 0.25) is 0 Å². The molecule has 0 aliphatic carbocycles. The van der Waals surface area contributed by atoms with Crippen LogP contribution in [-0.2, 0) is 30.1 Å². The summed E-state index contributed by atoms with van der Waals surface area (Å²) >= 11 is 0. The Kier molecular flexibility index (Phi) is 7.35. The topological polar surface area (TPSA) is 69.0 Å². The van der Waals surface area contributed by atoms with Gasteiger partial charge in [-0.3, -0.25) is 0 Å². The number of nitrogens with zero attached hydrogens (tertiary/aromatic N) is 6. The van der Waals surface area contributed by atoms with Crippen LogP contribution in [-0.4, -0.2) is 43.9 Å². The lowest BCUT2D eigenvalue weighted by Gasteiger charge is -2.41. The van der Waals surface area contributed by atoms with Crippen LogP contribution in [0.3, 0.4) is 0 Å². The van der Waals surface area contributed by atoms with Crippen molar-refractivity contribution in [1.82, 2.24) is 24.7 Å². The first kappa shape index (κ1) is 29.0. The van der Waals surface area contributed by atoms with Crippen LogP contribution in [0.15, 0.2) is 61.1 Å². The van der Waals surface area contributed by atoms with Crippen LogP contribution < -0.4 is 4.90 Å². The van der Waals surface area contributed by atoms with Crippen molar-refractivity contribution in [1.29, 1.82) is 0 Å². The van der Waals surface area contributed by atoms with Gasteiger partial charge in [-0.05, 0) is 54.4 Å². The summed E-state index contributed by atoms with van der Waals surface area (Å²) < 4.78 is 103. The second-order valence-corrected chi connectivity index (χ2v) is 10.8. The van der Waals surface area contributed by atoms with Gasteiger partial charge in [-0.2, -0.15) is 26.3 Å². The molecule has 2 aromatic carbocycles. The summed E-state index contributed by atoms with van der Waals surface area (Å²) in [6.45, 7) is 3.06. The number of hydrogen-bond donors (Lipinski definition) is 0. The largest absolute Gasteiger partial charge is 0.416 e. The highest BCUT2D eigenvalue weighted by atomic mass is 19.4. The number of aromatic nitrogens is 5. The van der Waals surface area contributed by atoms with Gasteiger partial charge in [0.2, 0.25) is 0 Å². The highest BCUT2D eigenvalue weighted by Gasteiger charge is 2.40. The molecule has 43 heavy (non-hydrogen) atoms. The minimum Gasteiger partial charge on any atom is -0.369 e. The molecule has 226 valence electrons. The van der Waals surface area contributed by atoms with Crippen LogP contribution >= 0.6 is 0 Å². The maximum Gasteiger partial charge on any atom is 0.416 e. The predicted octanol–water partition coefficient (Wildman–Crippen LogP) is 6.33. The van der Waals surface area contributed by atoms with E-state index in [-0.39, 0.29) is 24.0 Å². The molecule has 7 nitrogen and oxygen atoms in total. The molecule has 2 aliphatic rings. The standard InChI is InChI=1S/C29H25F7N6O/c1-16(18-8-20(28(31,32)33)10-21(9-18)29(34,35)36)43-24-11-26-39-40-27(19-12-41(13-19)25-6-7-37-15-38-25)42(26)14-23(24)17-2-4-22(30)5-3-17/h2-10,15-16,19,23-24H,11-14H2,1H3/t16-,23-,24+/m1/s1. The van der Waals surface area contributed by atoms with Crippen molar-refractivity contribution in [2.24, 2.45) is 0 Å². The van der Waals surface area contributed by atoms with Crippen LogP contribution in [0, 0.1) is 5.82 Å². The highest BCUT2D eigenvalue weighted by molar-refractivity contribution is 5.42. The van der Waals surface area contributed by atoms with Gasteiger partial charge < -0.3 is 14.2 Å². The summed E-state index contributed by atoms with van der Waals surface area (Å²) in [5, 5.41) is 8.78. The van der Waals surface area contributed by atoms with E-state index in [1.165, 1.54) is 25.4 Å². The molecule has 3 atom stereocenters. The van der Waals surface area contributed by atoms with Gasteiger partial charge in [0.15, 0.2) is 0 Å². The molecule has 6 rings (SSSR count). The van der Waals surface area contributed by atoms with Crippen LogP contribution in [0.25, 0.3) is 0 Å². The summed E-state index contributed by atoms with van der Waals surface area (Å²) in [6, 6.07) is 9.05. The van der Waals surface area contributed by atoms with Crippen molar-refractivity contribution in [3.8, 4) is 0 Å². The lowest BCUT2D eigenvalue weighted by Crippen LogP contribution is -2.47. The number of rotatable bonds is 6. The van der Waals surface area contributed by atoms with Gasteiger partial charge in [-0.25, -0.2) is 14.4 Å². The molecule has 2 aromatic heterocycles. The Morgan fingerprint density at radius 3 is 2.16 bits per heavy atom. The molecule has 0 spiro atoms. The molecular formula is C29H25F7N6O. The molecular weight excluding hydrogens is 581 g/mol. The van der Waals surface area contributed by atoms with E-state index in [1.54, 1.807) is 18.3 Å². The van der Waals surface area contributed by atoms with Crippen molar-refractivity contribution in [2.75, 3.05) is 18.0 Å². The Bertz CT molecular complexity index is 1550. The van der Waals surface area contributed by atoms with Crippen molar-refractivity contribution < 1.29 is 35.5 Å². The predicted molar refractivity (Wildman–Crippen MR) is 140 cm³/mol. The number of hydrogen-bond acceptors (Lipinski definition) is 6. The summed E-state index contributed by atoms with van der Waals surface area (Å²) in [7, 11) is 0. The molecule has 0 saturated carbocycles. The third-order valence-corrected chi connectivity index (χ3v) is 7.96. The monoisotopic (exact) mass is 606 g/mol. The van der Waals surface area contributed by atoms with E-state index in [0.717, 1.165) is 11.6 Å². The molecule has 0 bridgehead atoms. The summed E-state index contributed by atoms with van der Waals surface area (Å²) in [6.07, 6.45) is -8.44. The molecule has 1 saturated heterocycles. The average molecular weight is 607 g/mol. The Labute approximate surface area is 241 Å². The third kappa shape index (κ3) is 5.92. The van der Waals surface area contributed by atoms with Crippen LogP contribution in [0.4, 0.5) is 36.6 Å². The first-order valence-corrected chi connectivity index (χ1v) is 13.5. The Balaban J connectivity index is 1.28. The minimum absolute atomic E-state index is 0.0624. The summed E-state index contributed by atoms with van der Waals surface area (Å²) in [5.74, 6) is 1.35. The molecule has 0 amide bonds. The Morgan fingerprint density at radius 2 is 1.56 bits per heavy atom. The van der Waals surface area contributed by atoms with E-state index in [2.05, 4.69) is 25.1 Å². The number of fused-ring (bicyclic) bond motifs is 1. The number of ether oxygens (including phenoxy) is 1. The number of alkyl halides is 6. The Hall–Kier alpha value is -4.07. The number of benzene rings is 2. The van der Waals surface area contributed by atoms with Crippen molar-refractivity contribution in [3.05, 3.63) is 101 Å². The quantitative estimate of drug-likeness (QED) is 0.239.